The summed E-state index contributed by atoms with van der Waals surface area (Å²) in [5, 5.41) is 24.9. The first-order valence-electron chi connectivity index (χ1n) is 10.2. The van der Waals surface area contributed by atoms with Crippen LogP contribution >= 0.6 is 23.2 Å². The topological polar surface area (TPSA) is 82.5 Å². The molecule has 0 saturated carbocycles. The predicted octanol–water partition coefficient (Wildman–Crippen LogP) is 6.31. The molecule has 7 heteroatoms. The van der Waals surface area contributed by atoms with E-state index in [0.29, 0.717) is 21.3 Å². The highest BCUT2D eigenvalue weighted by atomic mass is 35.5. The number of hydrogen-bond donors (Lipinski definition) is 3. The minimum absolute atomic E-state index is 0.527. The Morgan fingerprint density at radius 3 is 2.39 bits per heavy atom. The van der Waals surface area contributed by atoms with Gasteiger partial charge in [0.15, 0.2) is 6.10 Å². The maximum Gasteiger partial charge on any atom is 0.335 e. The van der Waals surface area contributed by atoms with Crippen LogP contribution in [0.25, 0.3) is 23.1 Å². The number of aliphatic hydroxyl groups excluding tert-OH is 1. The SMILES string of the molecule is O=C(O)C(O)C(Nc1cccc(/C=C/c2ccc3ccc(Cl)cc3n2)c1)c1ccc(Cl)cc1. The second kappa shape index (κ2) is 10.0. The van der Waals surface area contributed by atoms with E-state index in [4.69, 9.17) is 23.2 Å². The van der Waals surface area contributed by atoms with Crippen LogP contribution in [0.2, 0.25) is 10.0 Å². The number of benzene rings is 3. The molecule has 1 heterocycles. The van der Waals surface area contributed by atoms with Gasteiger partial charge in [0.1, 0.15) is 0 Å². The van der Waals surface area contributed by atoms with Gasteiger partial charge >= 0.3 is 5.97 Å². The number of nitrogens with one attached hydrogen (secondary N) is 1. The van der Waals surface area contributed by atoms with E-state index in [2.05, 4.69) is 10.3 Å². The third kappa shape index (κ3) is 5.71. The van der Waals surface area contributed by atoms with Gasteiger partial charge in [0.05, 0.1) is 17.3 Å². The van der Waals surface area contributed by atoms with Crippen LogP contribution in [0.4, 0.5) is 5.69 Å². The van der Waals surface area contributed by atoms with Gasteiger partial charge in [-0.2, -0.15) is 0 Å². The van der Waals surface area contributed by atoms with E-state index in [1.54, 1.807) is 24.3 Å². The number of anilines is 1. The zero-order valence-electron chi connectivity index (χ0n) is 17.3. The standard InChI is InChI=1S/C26H20Cl2N2O3/c27-19-9-6-18(7-10-19)24(25(31)26(32)33)30-22-3-1-2-16(14-22)4-12-21-13-8-17-5-11-20(28)15-23(17)29-21/h1-15,24-25,30-31H,(H,32,33)/b12-4+. The Kier molecular flexibility index (Phi) is 6.94. The van der Waals surface area contributed by atoms with Crippen molar-refractivity contribution in [2.45, 2.75) is 12.1 Å². The highest BCUT2D eigenvalue weighted by molar-refractivity contribution is 6.31. The molecule has 33 heavy (non-hydrogen) atoms. The van der Waals surface area contributed by atoms with Crippen LogP contribution in [-0.4, -0.2) is 27.3 Å². The zero-order valence-corrected chi connectivity index (χ0v) is 18.8. The molecule has 3 N–H and O–H groups in total. The van der Waals surface area contributed by atoms with Crippen molar-refractivity contribution in [1.82, 2.24) is 4.98 Å². The number of hydrogen-bond acceptors (Lipinski definition) is 4. The monoisotopic (exact) mass is 478 g/mol. The summed E-state index contributed by atoms with van der Waals surface area (Å²) in [5.74, 6) is -1.32. The fourth-order valence-electron chi connectivity index (χ4n) is 3.45. The number of aliphatic carboxylic acids is 1. The van der Waals surface area contributed by atoms with Gasteiger partial charge in [-0.1, -0.05) is 65.7 Å². The Bertz CT molecular complexity index is 1320. The van der Waals surface area contributed by atoms with Crippen molar-refractivity contribution in [2.24, 2.45) is 0 Å². The van der Waals surface area contributed by atoms with Crippen LogP contribution in [0.1, 0.15) is 22.9 Å². The van der Waals surface area contributed by atoms with Crippen LogP contribution in [0, 0.1) is 0 Å². The van der Waals surface area contributed by atoms with Gasteiger partial charge in [-0.05, 0) is 59.7 Å². The Morgan fingerprint density at radius 1 is 0.909 bits per heavy atom. The quantitative estimate of drug-likeness (QED) is 0.289. The molecule has 1 aromatic heterocycles. The fourth-order valence-corrected chi connectivity index (χ4v) is 3.74. The number of aromatic nitrogens is 1. The number of carboxylic acids is 1. The summed E-state index contributed by atoms with van der Waals surface area (Å²) in [6, 6.07) is 22.8. The summed E-state index contributed by atoms with van der Waals surface area (Å²) in [6.07, 6.45) is 2.16. The third-order valence-electron chi connectivity index (χ3n) is 5.13. The summed E-state index contributed by atoms with van der Waals surface area (Å²) < 4.78 is 0. The molecule has 4 rings (SSSR count). The molecule has 3 aromatic carbocycles. The lowest BCUT2D eigenvalue weighted by Crippen LogP contribution is -2.32. The summed E-state index contributed by atoms with van der Waals surface area (Å²) in [6.45, 7) is 0. The minimum Gasteiger partial charge on any atom is -0.479 e. The highest BCUT2D eigenvalue weighted by Crippen LogP contribution is 2.26. The number of halogens is 2. The van der Waals surface area contributed by atoms with Crippen molar-refractivity contribution in [3.63, 3.8) is 0 Å². The van der Waals surface area contributed by atoms with Gasteiger partial charge in [-0.25, -0.2) is 9.78 Å². The second-order valence-corrected chi connectivity index (χ2v) is 8.36. The van der Waals surface area contributed by atoms with Crippen LogP contribution in [0.3, 0.4) is 0 Å². The third-order valence-corrected chi connectivity index (χ3v) is 5.62. The Labute approximate surface area is 200 Å². The molecule has 166 valence electrons. The molecule has 0 bridgehead atoms. The number of aliphatic hydroxyl groups is 1. The first kappa shape index (κ1) is 22.8. The summed E-state index contributed by atoms with van der Waals surface area (Å²) in [7, 11) is 0. The number of fused-ring (bicyclic) bond motifs is 1. The number of carbonyl (C=O) groups is 1. The van der Waals surface area contributed by atoms with Crippen molar-refractivity contribution < 1.29 is 15.0 Å². The van der Waals surface area contributed by atoms with Gasteiger partial charge < -0.3 is 15.5 Å². The molecule has 5 nitrogen and oxygen atoms in total. The Hall–Kier alpha value is -3.38. The summed E-state index contributed by atoms with van der Waals surface area (Å²) >= 11 is 12.0. The van der Waals surface area contributed by atoms with Gasteiger partial charge in [0.25, 0.3) is 0 Å². The van der Waals surface area contributed by atoms with E-state index in [-0.39, 0.29) is 0 Å². The predicted molar refractivity (Wildman–Crippen MR) is 134 cm³/mol. The molecule has 4 aromatic rings. The normalized spacial score (nSPS) is 13.2. The molecule has 2 unspecified atom stereocenters. The Balaban J connectivity index is 1.57. The highest BCUT2D eigenvalue weighted by Gasteiger charge is 2.27. The molecule has 2 atom stereocenters. The van der Waals surface area contributed by atoms with E-state index < -0.39 is 18.1 Å². The van der Waals surface area contributed by atoms with Crippen molar-refractivity contribution >= 4 is 57.9 Å². The van der Waals surface area contributed by atoms with Crippen molar-refractivity contribution in [3.8, 4) is 0 Å². The van der Waals surface area contributed by atoms with Crippen molar-refractivity contribution in [1.29, 1.82) is 0 Å². The van der Waals surface area contributed by atoms with E-state index in [9.17, 15) is 15.0 Å². The van der Waals surface area contributed by atoms with E-state index in [1.807, 2.05) is 66.7 Å². The smallest absolute Gasteiger partial charge is 0.335 e. The average Bonchev–Trinajstić information content (AvgIpc) is 2.81. The van der Waals surface area contributed by atoms with E-state index in [0.717, 1.165) is 22.2 Å². The van der Waals surface area contributed by atoms with Crippen molar-refractivity contribution in [2.75, 3.05) is 5.32 Å². The lowest BCUT2D eigenvalue weighted by Gasteiger charge is -2.23. The Morgan fingerprint density at radius 2 is 1.64 bits per heavy atom. The molecule has 0 aliphatic heterocycles. The maximum atomic E-state index is 11.5. The summed E-state index contributed by atoms with van der Waals surface area (Å²) in [4.78, 5) is 16.1. The summed E-state index contributed by atoms with van der Waals surface area (Å²) in [5.41, 5.74) is 3.74. The van der Waals surface area contributed by atoms with E-state index >= 15 is 0 Å². The first-order chi connectivity index (χ1) is 15.9. The van der Waals surface area contributed by atoms with Crippen LogP contribution in [0.5, 0.6) is 0 Å². The lowest BCUT2D eigenvalue weighted by molar-refractivity contribution is -0.147. The first-order valence-corrected chi connectivity index (χ1v) is 10.9. The average molecular weight is 479 g/mol. The zero-order chi connectivity index (χ0) is 23.4. The number of pyridine rings is 1. The minimum atomic E-state index is -1.64. The second-order valence-electron chi connectivity index (χ2n) is 7.49. The maximum absolute atomic E-state index is 11.5. The molecule has 0 spiro atoms. The van der Waals surface area contributed by atoms with Crippen LogP contribution in [0.15, 0.2) is 78.9 Å². The molecule has 0 aliphatic rings. The molecular weight excluding hydrogens is 459 g/mol. The molecular formula is C26H20Cl2N2O3. The van der Waals surface area contributed by atoms with E-state index in [1.165, 1.54) is 0 Å². The number of nitrogens with zero attached hydrogens (tertiary/aromatic N) is 1. The molecule has 0 fully saturated rings. The van der Waals surface area contributed by atoms with Crippen molar-refractivity contribution in [3.05, 3.63) is 106 Å². The lowest BCUT2D eigenvalue weighted by atomic mass is 10.0. The molecule has 0 radical (unpaired) electrons. The number of rotatable bonds is 7. The van der Waals surface area contributed by atoms with Gasteiger partial charge in [0.2, 0.25) is 0 Å². The molecule has 0 saturated heterocycles. The molecule has 0 amide bonds. The molecule has 0 aliphatic carbocycles. The van der Waals surface area contributed by atoms with Gasteiger partial charge in [0, 0.05) is 21.1 Å². The van der Waals surface area contributed by atoms with Crippen LogP contribution in [-0.2, 0) is 4.79 Å². The number of carboxylic acid groups (broad SMARTS) is 1. The fraction of sp³-hybridized carbons (Fsp3) is 0.0769. The van der Waals surface area contributed by atoms with Gasteiger partial charge in [-0.15, -0.1) is 0 Å². The largest absolute Gasteiger partial charge is 0.479 e. The van der Waals surface area contributed by atoms with Crippen LogP contribution < -0.4 is 5.32 Å². The van der Waals surface area contributed by atoms with Gasteiger partial charge in [-0.3, -0.25) is 0 Å².